The zero-order chi connectivity index (χ0) is 14.3. The maximum absolute atomic E-state index is 11.6. The first-order valence-corrected chi connectivity index (χ1v) is 6.58. The van der Waals surface area contributed by atoms with Gasteiger partial charge >= 0.3 is 5.97 Å². The summed E-state index contributed by atoms with van der Waals surface area (Å²) in [4.78, 5) is 22.6. The van der Waals surface area contributed by atoms with E-state index < -0.39 is 5.97 Å². The molecule has 0 aliphatic heterocycles. The minimum atomic E-state index is -0.948. The lowest BCUT2D eigenvalue weighted by Gasteiger charge is -2.08. The number of carbonyl (C=O) groups excluding carboxylic acids is 1. The van der Waals surface area contributed by atoms with E-state index in [1.807, 2.05) is 0 Å². The van der Waals surface area contributed by atoms with Crippen LogP contribution in [0, 0.1) is 5.92 Å². The van der Waals surface area contributed by atoms with E-state index in [1.54, 1.807) is 24.3 Å². The summed E-state index contributed by atoms with van der Waals surface area (Å²) in [6.07, 6.45) is 1.73. The molecule has 1 aromatic rings. The molecule has 0 radical (unpaired) electrons. The van der Waals surface area contributed by atoms with Gasteiger partial charge in [0.15, 0.2) is 0 Å². The molecule has 4 heteroatoms. The predicted octanol–water partition coefficient (Wildman–Crippen LogP) is 2.48. The molecule has 0 unspecified atom stereocenters. The number of hydrogen-bond donors (Lipinski definition) is 2. The number of carboxylic acid groups (broad SMARTS) is 1. The fourth-order valence-electron chi connectivity index (χ4n) is 1.78. The number of aromatic carboxylic acids is 1. The molecule has 104 valence electrons. The number of amides is 1. The Morgan fingerprint density at radius 3 is 2.58 bits per heavy atom. The molecule has 0 aliphatic rings. The van der Waals surface area contributed by atoms with Gasteiger partial charge in [-0.05, 0) is 30.4 Å². The van der Waals surface area contributed by atoms with Gasteiger partial charge in [-0.3, -0.25) is 4.79 Å². The molecule has 1 aromatic carbocycles. The van der Waals surface area contributed by atoms with E-state index in [0.29, 0.717) is 30.9 Å². The van der Waals surface area contributed by atoms with Crippen LogP contribution in [0.2, 0.25) is 0 Å². The van der Waals surface area contributed by atoms with Crippen LogP contribution in [-0.2, 0) is 11.2 Å². The summed E-state index contributed by atoms with van der Waals surface area (Å²) in [6, 6.07) is 6.80. The number of nitrogens with one attached hydrogen (secondary N) is 1. The Morgan fingerprint density at radius 2 is 1.95 bits per heavy atom. The summed E-state index contributed by atoms with van der Waals surface area (Å²) < 4.78 is 0. The highest BCUT2D eigenvalue weighted by atomic mass is 16.4. The second kappa shape index (κ2) is 7.56. The van der Waals surface area contributed by atoms with Crippen molar-refractivity contribution in [3.63, 3.8) is 0 Å². The molecule has 0 fully saturated rings. The number of carboxylic acids is 1. The Hall–Kier alpha value is -1.84. The lowest BCUT2D eigenvalue weighted by Crippen LogP contribution is -2.25. The van der Waals surface area contributed by atoms with E-state index in [-0.39, 0.29) is 11.5 Å². The van der Waals surface area contributed by atoms with Crippen molar-refractivity contribution in [2.45, 2.75) is 33.1 Å². The average molecular weight is 263 g/mol. The highest BCUT2D eigenvalue weighted by Crippen LogP contribution is 2.11. The Bertz CT molecular complexity index is 441. The first kappa shape index (κ1) is 15.2. The van der Waals surface area contributed by atoms with Crippen molar-refractivity contribution in [1.82, 2.24) is 5.32 Å². The van der Waals surface area contributed by atoms with Crippen molar-refractivity contribution in [1.29, 1.82) is 0 Å². The molecule has 2 N–H and O–H groups in total. The third-order valence-corrected chi connectivity index (χ3v) is 2.91. The van der Waals surface area contributed by atoms with E-state index in [1.165, 1.54) is 0 Å². The maximum Gasteiger partial charge on any atom is 0.335 e. The van der Waals surface area contributed by atoms with Crippen LogP contribution < -0.4 is 5.32 Å². The normalized spacial score (nSPS) is 10.5. The van der Waals surface area contributed by atoms with Crippen LogP contribution >= 0.6 is 0 Å². The molecule has 0 aliphatic carbocycles. The summed E-state index contributed by atoms with van der Waals surface area (Å²) >= 11 is 0. The summed E-state index contributed by atoms with van der Waals surface area (Å²) in [6.45, 7) is 4.89. The van der Waals surface area contributed by atoms with E-state index in [4.69, 9.17) is 5.11 Å². The zero-order valence-electron chi connectivity index (χ0n) is 11.5. The van der Waals surface area contributed by atoms with Gasteiger partial charge in [0.1, 0.15) is 0 Å². The first-order valence-electron chi connectivity index (χ1n) is 6.58. The highest BCUT2D eigenvalue weighted by Gasteiger charge is 2.10. The van der Waals surface area contributed by atoms with Crippen LogP contribution in [0.25, 0.3) is 0 Å². The summed E-state index contributed by atoms with van der Waals surface area (Å²) in [5.41, 5.74) is 0.978. The summed E-state index contributed by atoms with van der Waals surface area (Å²) in [5, 5.41) is 11.9. The van der Waals surface area contributed by atoms with Gasteiger partial charge in [-0.25, -0.2) is 4.79 Å². The van der Waals surface area contributed by atoms with Gasteiger partial charge in [0, 0.05) is 13.0 Å². The van der Waals surface area contributed by atoms with E-state index >= 15 is 0 Å². The number of rotatable bonds is 7. The van der Waals surface area contributed by atoms with Gasteiger partial charge in [0.05, 0.1) is 5.56 Å². The zero-order valence-corrected chi connectivity index (χ0v) is 11.5. The van der Waals surface area contributed by atoms with Crippen LogP contribution in [0.5, 0.6) is 0 Å². The number of aryl methyl sites for hydroxylation is 1. The molecule has 1 amide bonds. The third kappa shape index (κ3) is 5.55. The minimum absolute atomic E-state index is 0.0270. The van der Waals surface area contributed by atoms with Crippen molar-refractivity contribution in [2.75, 3.05) is 6.54 Å². The molecule has 19 heavy (non-hydrogen) atoms. The molecule has 0 spiro atoms. The van der Waals surface area contributed by atoms with Gasteiger partial charge in [-0.1, -0.05) is 32.0 Å². The van der Waals surface area contributed by atoms with Crippen molar-refractivity contribution >= 4 is 11.9 Å². The van der Waals surface area contributed by atoms with Gasteiger partial charge in [0.2, 0.25) is 5.91 Å². The smallest absolute Gasteiger partial charge is 0.335 e. The number of carbonyl (C=O) groups is 2. The summed E-state index contributed by atoms with van der Waals surface area (Å²) in [5.74, 6) is -0.412. The first-order chi connectivity index (χ1) is 9.00. The van der Waals surface area contributed by atoms with Crippen molar-refractivity contribution in [2.24, 2.45) is 5.92 Å². The molecule has 0 saturated carbocycles. The largest absolute Gasteiger partial charge is 0.478 e. The van der Waals surface area contributed by atoms with Gasteiger partial charge < -0.3 is 10.4 Å². The van der Waals surface area contributed by atoms with E-state index in [0.717, 1.165) is 6.42 Å². The Balaban J connectivity index is 2.44. The molecule has 4 nitrogen and oxygen atoms in total. The Labute approximate surface area is 113 Å². The molecular weight excluding hydrogens is 242 g/mol. The molecule has 0 atom stereocenters. The van der Waals surface area contributed by atoms with Crippen LogP contribution in [0.4, 0.5) is 0 Å². The number of benzene rings is 1. The van der Waals surface area contributed by atoms with E-state index in [9.17, 15) is 9.59 Å². The van der Waals surface area contributed by atoms with Crippen LogP contribution in [0.3, 0.4) is 0 Å². The highest BCUT2D eigenvalue weighted by molar-refractivity contribution is 5.89. The Kier molecular flexibility index (Phi) is 6.06. The molecule has 0 aromatic heterocycles. The van der Waals surface area contributed by atoms with Crippen LogP contribution in [0.1, 0.15) is 42.6 Å². The predicted molar refractivity (Wildman–Crippen MR) is 74.2 cm³/mol. The third-order valence-electron chi connectivity index (χ3n) is 2.91. The van der Waals surface area contributed by atoms with Crippen molar-refractivity contribution in [3.8, 4) is 0 Å². The van der Waals surface area contributed by atoms with Gasteiger partial charge in [-0.2, -0.15) is 0 Å². The molecule has 0 saturated heterocycles. The molecule has 1 rings (SSSR count). The Morgan fingerprint density at radius 1 is 1.26 bits per heavy atom. The maximum atomic E-state index is 11.6. The fraction of sp³-hybridized carbons (Fsp3) is 0.467. The van der Waals surface area contributed by atoms with Gasteiger partial charge in [-0.15, -0.1) is 0 Å². The lowest BCUT2D eigenvalue weighted by atomic mass is 10.0. The second-order valence-corrected chi connectivity index (χ2v) is 4.99. The monoisotopic (exact) mass is 263 g/mol. The minimum Gasteiger partial charge on any atom is -0.478 e. The molecule has 0 bridgehead atoms. The number of hydrogen-bond acceptors (Lipinski definition) is 2. The van der Waals surface area contributed by atoms with Crippen LogP contribution in [0.15, 0.2) is 24.3 Å². The van der Waals surface area contributed by atoms with Crippen LogP contribution in [-0.4, -0.2) is 23.5 Å². The summed E-state index contributed by atoms with van der Waals surface area (Å²) in [7, 11) is 0. The lowest BCUT2D eigenvalue weighted by molar-refractivity contribution is -0.121. The van der Waals surface area contributed by atoms with Crippen molar-refractivity contribution < 1.29 is 14.7 Å². The topological polar surface area (TPSA) is 66.4 Å². The average Bonchev–Trinajstić information content (AvgIpc) is 2.36. The van der Waals surface area contributed by atoms with Gasteiger partial charge in [0.25, 0.3) is 0 Å². The second-order valence-electron chi connectivity index (χ2n) is 4.99. The molecular formula is C15H21NO3. The fourth-order valence-corrected chi connectivity index (χ4v) is 1.78. The quantitative estimate of drug-likeness (QED) is 0.794. The molecule has 0 heterocycles. The van der Waals surface area contributed by atoms with E-state index in [2.05, 4.69) is 19.2 Å². The standard InChI is InChI=1S/C15H21NO3/c1-11(2)9-10-16-14(17)8-7-12-5-3-4-6-13(12)15(18)19/h3-6,11H,7-10H2,1-2H3,(H,16,17)(H,18,19). The van der Waals surface area contributed by atoms with Crippen molar-refractivity contribution in [3.05, 3.63) is 35.4 Å². The SMILES string of the molecule is CC(C)CCNC(=O)CCc1ccccc1C(=O)O.